The smallest absolute Gasteiger partial charge is 0.0456 e. The van der Waals surface area contributed by atoms with Gasteiger partial charge in [0.1, 0.15) is 0 Å². The normalized spacial score (nSPS) is 16.9. The standard InChI is InChI=1S/C20H23N3/c1-2-6-17(7-3-1)15-22-10-12-23(13-11-22)16-19-14-18-8-4-5-9-20(18)21-19/h1-9,14,21H,10-13,15-16H2. The summed E-state index contributed by atoms with van der Waals surface area (Å²) < 4.78 is 0. The van der Waals surface area contributed by atoms with Crippen LogP contribution in [0.15, 0.2) is 60.7 Å². The maximum atomic E-state index is 3.54. The van der Waals surface area contributed by atoms with Gasteiger partial charge < -0.3 is 4.98 Å². The molecular formula is C20H23N3. The number of hydrogen-bond acceptors (Lipinski definition) is 2. The van der Waals surface area contributed by atoms with E-state index in [1.807, 2.05) is 0 Å². The molecule has 0 spiro atoms. The van der Waals surface area contributed by atoms with Crippen molar-refractivity contribution in [3.8, 4) is 0 Å². The van der Waals surface area contributed by atoms with Crippen molar-refractivity contribution in [2.24, 2.45) is 0 Å². The molecule has 1 fully saturated rings. The molecule has 118 valence electrons. The Kier molecular flexibility index (Phi) is 4.14. The Bertz CT molecular complexity index is 722. The quantitative estimate of drug-likeness (QED) is 0.797. The van der Waals surface area contributed by atoms with Gasteiger partial charge in [-0.3, -0.25) is 9.80 Å². The molecule has 1 aliphatic heterocycles. The molecule has 0 radical (unpaired) electrons. The van der Waals surface area contributed by atoms with E-state index in [4.69, 9.17) is 0 Å². The first-order valence-corrected chi connectivity index (χ1v) is 8.42. The molecule has 3 aromatic rings. The third-order valence-electron chi connectivity index (χ3n) is 4.69. The van der Waals surface area contributed by atoms with Crippen LogP contribution in [-0.2, 0) is 13.1 Å². The lowest BCUT2D eigenvalue weighted by Gasteiger charge is -2.34. The highest BCUT2D eigenvalue weighted by Gasteiger charge is 2.17. The molecule has 1 N–H and O–H groups in total. The minimum Gasteiger partial charge on any atom is -0.357 e. The predicted molar refractivity (Wildman–Crippen MR) is 95.3 cm³/mol. The fraction of sp³-hybridized carbons (Fsp3) is 0.300. The molecule has 2 aromatic carbocycles. The van der Waals surface area contributed by atoms with E-state index in [0.717, 1.165) is 39.3 Å². The van der Waals surface area contributed by atoms with Crippen molar-refractivity contribution in [2.75, 3.05) is 26.2 Å². The second-order valence-corrected chi connectivity index (χ2v) is 6.42. The van der Waals surface area contributed by atoms with E-state index in [0.29, 0.717) is 0 Å². The van der Waals surface area contributed by atoms with Crippen molar-refractivity contribution in [2.45, 2.75) is 13.1 Å². The number of rotatable bonds is 4. The van der Waals surface area contributed by atoms with E-state index in [-0.39, 0.29) is 0 Å². The van der Waals surface area contributed by atoms with E-state index in [1.54, 1.807) is 0 Å². The molecule has 4 rings (SSSR count). The first-order valence-electron chi connectivity index (χ1n) is 8.42. The summed E-state index contributed by atoms with van der Waals surface area (Å²) in [5, 5.41) is 1.31. The molecule has 0 bridgehead atoms. The Balaban J connectivity index is 1.32. The average Bonchev–Trinajstić information content (AvgIpc) is 3.00. The van der Waals surface area contributed by atoms with E-state index < -0.39 is 0 Å². The monoisotopic (exact) mass is 305 g/mol. The summed E-state index contributed by atoms with van der Waals surface area (Å²) in [5.74, 6) is 0. The van der Waals surface area contributed by atoms with Crippen LogP contribution in [0.25, 0.3) is 10.9 Å². The largest absolute Gasteiger partial charge is 0.357 e. The van der Waals surface area contributed by atoms with Crippen molar-refractivity contribution in [1.29, 1.82) is 0 Å². The molecule has 0 aliphatic carbocycles. The van der Waals surface area contributed by atoms with Crippen molar-refractivity contribution in [1.82, 2.24) is 14.8 Å². The molecule has 0 amide bonds. The zero-order valence-electron chi connectivity index (χ0n) is 13.4. The zero-order valence-corrected chi connectivity index (χ0v) is 13.4. The molecule has 3 heteroatoms. The summed E-state index contributed by atoms with van der Waals surface area (Å²) in [7, 11) is 0. The minimum atomic E-state index is 1.02. The van der Waals surface area contributed by atoms with Crippen LogP contribution in [0.5, 0.6) is 0 Å². The van der Waals surface area contributed by atoms with Crippen LogP contribution in [0.2, 0.25) is 0 Å². The van der Waals surface area contributed by atoms with Crippen LogP contribution in [0, 0.1) is 0 Å². The van der Waals surface area contributed by atoms with Gasteiger partial charge in [0.25, 0.3) is 0 Å². The summed E-state index contributed by atoms with van der Waals surface area (Å²) in [5.41, 5.74) is 3.98. The fourth-order valence-corrected chi connectivity index (χ4v) is 3.41. The van der Waals surface area contributed by atoms with Crippen LogP contribution in [-0.4, -0.2) is 41.0 Å². The lowest BCUT2D eigenvalue weighted by Crippen LogP contribution is -2.45. The molecule has 1 aliphatic rings. The third kappa shape index (κ3) is 3.46. The Hall–Kier alpha value is -2.10. The Morgan fingerprint density at radius 2 is 1.39 bits per heavy atom. The topological polar surface area (TPSA) is 22.3 Å². The van der Waals surface area contributed by atoms with Gasteiger partial charge in [-0.1, -0.05) is 48.5 Å². The van der Waals surface area contributed by atoms with Gasteiger partial charge in [0, 0.05) is 50.5 Å². The average molecular weight is 305 g/mol. The number of aromatic nitrogens is 1. The van der Waals surface area contributed by atoms with Gasteiger partial charge in [-0.25, -0.2) is 0 Å². The first-order chi connectivity index (χ1) is 11.4. The van der Waals surface area contributed by atoms with E-state index in [2.05, 4.69) is 75.4 Å². The van der Waals surface area contributed by atoms with Crippen LogP contribution >= 0.6 is 0 Å². The molecule has 0 saturated carbocycles. The van der Waals surface area contributed by atoms with Gasteiger partial charge in [-0.05, 0) is 23.1 Å². The first kappa shape index (κ1) is 14.5. The number of H-pyrrole nitrogens is 1. The molecule has 23 heavy (non-hydrogen) atoms. The fourth-order valence-electron chi connectivity index (χ4n) is 3.41. The molecule has 1 aromatic heterocycles. The SMILES string of the molecule is c1ccc(CN2CCN(Cc3cc4ccccc4[nH]3)CC2)cc1. The van der Waals surface area contributed by atoms with Gasteiger partial charge in [0.2, 0.25) is 0 Å². The summed E-state index contributed by atoms with van der Waals surface area (Å²) in [6.07, 6.45) is 0. The second-order valence-electron chi connectivity index (χ2n) is 6.42. The highest BCUT2D eigenvalue weighted by atomic mass is 15.3. The Labute approximate surface area is 137 Å². The van der Waals surface area contributed by atoms with Crippen LogP contribution in [0.4, 0.5) is 0 Å². The molecule has 2 heterocycles. The highest BCUT2D eigenvalue weighted by Crippen LogP contribution is 2.17. The number of nitrogens with one attached hydrogen (secondary N) is 1. The van der Waals surface area contributed by atoms with Crippen LogP contribution < -0.4 is 0 Å². The summed E-state index contributed by atoms with van der Waals surface area (Å²) in [4.78, 5) is 8.64. The highest BCUT2D eigenvalue weighted by molar-refractivity contribution is 5.80. The summed E-state index contributed by atoms with van der Waals surface area (Å²) in [6.45, 7) is 6.67. The summed E-state index contributed by atoms with van der Waals surface area (Å²) >= 11 is 0. The number of para-hydroxylation sites is 1. The molecule has 3 nitrogen and oxygen atoms in total. The van der Waals surface area contributed by atoms with Gasteiger partial charge in [0.05, 0.1) is 0 Å². The van der Waals surface area contributed by atoms with Crippen molar-refractivity contribution in [3.05, 3.63) is 71.9 Å². The van der Waals surface area contributed by atoms with E-state index in [1.165, 1.54) is 22.2 Å². The number of hydrogen-bond donors (Lipinski definition) is 1. The molecule has 0 atom stereocenters. The second kappa shape index (κ2) is 6.57. The molecular weight excluding hydrogens is 282 g/mol. The van der Waals surface area contributed by atoms with Crippen molar-refractivity contribution >= 4 is 10.9 Å². The van der Waals surface area contributed by atoms with Crippen molar-refractivity contribution in [3.63, 3.8) is 0 Å². The Morgan fingerprint density at radius 1 is 0.739 bits per heavy atom. The van der Waals surface area contributed by atoms with Gasteiger partial charge in [0.15, 0.2) is 0 Å². The predicted octanol–water partition coefficient (Wildman–Crippen LogP) is 3.49. The number of fused-ring (bicyclic) bond motifs is 1. The summed E-state index contributed by atoms with van der Waals surface area (Å²) in [6, 6.07) is 21.6. The minimum absolute atomic E-state index is 1.02. The third-order valence-corrected chi connectivity index (χ3v) is 4.69. The van der Waals surface area contributed by atoms with Crippen LogP contribution in [0.3, 0.4) is 0 Å². The number of aromatic amines is 1. The van der Waals surface area contributed by atoms with Gasteiger partial charge in [-0.15, -0.1) is 0 Å². The maximum absolute atomic E-state index is 3.54. The zero-order chi connectivity index (χ0) is 15.5. The molecule has 0 unspecified atom stereocenters. The number of benzene rings is 2. The van der Waals surface area contributed by atoms with Crippen LogP contribution in [0.1, 0.15) is 11.3 Å². The molecule has 1 saturated heterocycles. The van der Waals surface area contributed by atoms with Gasteiger partial charge >= 0.3 is 0 Å². The Morgan fingerprint density at radius 3 is 2.13 bits per heavy atom. The maximum Gasteiger partial charge on any atom is 0.0456 e. The number of nitrogens with zero attached hydrogens (tertiary/aromatic N) is 2. The van der Waals surface area contributed by atoms with E-state index >= 15 is 0 Å². The lowest BCUT2D eigenvalue weighted by molar-refractivity contribution is 0.121. The number of piperazine rings is 1. The van der Waals surface area contributed by atoms with Gasteiger partial charge in [-0.2, -0.15) is 0 Å². The van der Waals surface area contributed by atoms with Crippen molar-refractivity contribution < 1.29 is 0 Å². The van der Waals surface area contributed by atoms with E-state index in [9.17, 15) is 0 Å². The lowest BCUT2D eigenvalue weighted by atomic mass is 10.2.